The summed E-state index contributed by atoms with van der Waals surface area (Å²) in [6.45, 7) is 0. The number of aromatic nitrogens is 2. The first-order valence-electron chi connectivity index (χ1n) is 6.73. The van der Waals surface area contributed by atoms with E-state index in [1.807, 2.05) is 36.4 Å². The Morgan fingerprint density at radius 3 is 2.59 bits per heavy atom. The van der Waals surface area contributed by atoms with Crippen molar-refractivity contribution in [3.05, 3.63) is 65.6 Å². The molecule has 1 aliphatic rings. The number of rotatable bonds is 3. The van der Waals surface area contributed by atoms with E-state index in [0.29, 0.717) is 17.3 Å². The Bertz CT molecular complexity index is 726. The number of allylic oxidation sites excluding steroid dienone is 2. The molecule has 0 spiro atoms. The molecular formula is C16H14Cl2N4. The third-order valence-electron chi connectivity index (χ3n) is 3.34. The molecule has 6 heteroatoms. The Morgan fingerprint density at radius 2 is 1.95 bits per heavy atom. The van der Waals surface area contributed by atoms with Gasteiger partial charge in [-0.2, -0.15) is 0 Å². The fraction of sp³-hybridized carbons (Fsp3) is 0.125. The summed E-state index contributed by atoms with van der Waals surface area (Å²) in [4.78, 5) is 7.36. The van der Waals surface area contributed by atoms with Gasteiger partial charge in [-0.3, -0.25) is 4.98 Å². The maximum Gasteiger partial charge on any atom is 0.146 e. The standard InChI is InChI=1S/C16H14Cl2N4/c17-14-9-16(18,22-15-10-20-7-8-21-15)6-5-13(14)11-1-3-12(19)4-2-11/h1-8,10H,9,19H2,(H,21,22). The lowest BCUT2D eigenvalue weighted by molar-refractivity contribution is 0.785. The number of alkyl halides is 1. The fourth-order valence-corrected chi connectivity index (χ4v) is 3.01. The molecule has 1 unspecified atom stereocenters. The van der Waals surface area contributed by atoms with Crippen LogP contribution in [-0.2, 0) is 0 Å². The average Bonchev–Trinajstić information content (AvgIpc) is 2.49. The summed E-state index contributed by atoms with van der Waals surface area (Å²) < 4.78 is 0. The van der Waals surface area contributed by atoms with Gasteiger partial charge >= 0.3 is 0 Å². The maximum atomic E-state index is 6.58. The van der Waals surface area contributed by atoms with Crippen LogP contribution in [0.2, 0.25) is 0 Å². The Balaban J connectivity index is 1.82. The first kappa shape index (κ1) is 14.9. The third-order valence-corrected chi connectivity index (χ3v) is 4.03. The molecule has 0 saturated heterocycles. The summed E-state index contributed by atoms with van der Waals surface area (Å²) in [6.07, 6.45) is 9.06. The van der Waals surface area contributed by atoms with E-state index in [9.17, 15) is 0 Å². The Kier molecular flexibility index (Phi) is 4.05. The van der Waals surface area contributed by atoms with Crippen molar-refractivity contribution in [2.24, 2.45) is 0 Å². The second-order valence-corrected chi connectivity index (χ2v) is 6.16. The smallest absolute Gasteiger partial charge is 0.146 e. The molecule has 0 saturated carbocycles. The van der Waals surface area contributed by atoms with E-state index in [2.05, 4.69) is 15.3 Å². The van der Waals surface area contributed by atoms with Crippen molar-refractivity contribution in [1.82, 2.24) is 9.97 Å². The summed E-state index contributed by atoms with van der Waals surface area (Å²) in [5.74, 6) is 0.600. The number of benzene rings is 1. The van der Waals surface area contributed by atoms with Crippen LogP contribution in [0.3, 0.4) is 0 Å². The summed E-state index contributed by atoms with van der Waals surface area (Å²) in [5.41, 5.74) is 8.38. The molecule has 112 valence electrons. The number of nitrogens with zero attached hydrogens (tertiary/aromatic N) is 2. The van der Waals surface area contributed by atoms with E-state index in [1.54, 1.807) is 18.6 Å². The maximum absolute atomic E-state index is 6.58. The van der Waals surface area contributed by atoms with Crippen molar-refractivity contribution in [2.45, 2.75) is 11.4 Å². The number of hydrogen-bond acceptors (Lipinski definition) is 4. The van der Waals surface area contributed by atoms with Crippen molar-refractivity contribution in [1.29, 1.82) is 0 Å². The van der Waals surface area contributed by atoms with Crippen molar-refractivity contribution in [3.63, 3.8) is 0 Å². The van der Waals surface area contributed by atoms with Crippen LogP contribution in [0.25, 0.3) is 5.57 Å². The van der Waals surface area contributed by atoms with Crippen LogP contribution in [0.5, 0.6) is 0 Å². The lowest BCUT2D eigenvalue weighted by Gasteiger charge is -2.29. The summed E-state index contributed by atoms with van der Waals surface area (Å²) in [7, 11) is 0. The van der Waals surface area contributed by atoms with Crippen molar-refractivity contribution >= 4 is 40.3 Å². The molecule has 1 heterocycles. The Labute approximate surface area is 138 Å². The van der Waals surface area contributed by atoms with E-state index in [1.165, 1.54) is 0 Å². The number of halogens is 2. The lowest BCUT2D eigenvalue weighted by atomic mass is 9.96. The van der Waals surface area contributed by atoms with Gasteiger partial charge in [0.25, 0.3) is 0 Å². The highest BCUT2D eigenvalue weighted by molar-refractivity contribution is 6.35. The SMILES string of the molecule is Nc1ccc(C2=C(Cl)CC(Cl)(Nc3cnccn3)C=C2)cc1. The summed E-state index contributed by atoms with van der Waals surface area (Å²) in [5, 5.41) is 3.81. The summed E-state index contributed by atoms with van der Waals surface area (Å²) >= 11 is 13.0. The van der Waals surface area contributed by atoms with Crippen LogP contribution in [0, 0.1) is 0 Å². The number of anilines is 2. The first-order valence-corrected chi connectivity index (χ1v) is 7.48. The summed E-state index contributed by atoms with van der Waals surface area (Å²) in [6, 6.07) is 7.57. The average molecular weight is 333 g/mol. The number of hydrogen-bond donors (Lipinski definition) is 2. The minimum absolute atomic E-state index is 0.447. The minimum Gasteiger partial charge on any atom is -0.399 e. The number of nitrogens with one attached hydrogen (secondary N) is 1. The predicted octanol–water partition coefficient (Wildman–Crippen LogP) is 4.02. The van der Waals surface area contributed by atoms with Gasteiger partial charge in [0, 0.05) is 29.5 Å². The molecule has 0 bridgehead atoms. The van der Waals surface area contributed by atoms with Crippen LogP contribution in [0.15, 0.2) is 60.0 Å². The molecule has 0 aliphatic heterocycles. The van der Waals surface area contributed by atoms with E-state index in [0.717, 1.165) is 16.8 Å². The molecule has 2 aromatic rings. The Hall–Kier alpha value is -2.04. The lowest BCUT2D eigenvalue weighted by Crippen LogP contribution is -2.31. The van der Waals surface area contributed by atoms with Gasteiger partial charge < -0.3 is 11.1 Å². The van der Waals surface area contributed by atoms with Crippen LogP contribution in [0.4, 0.5) is 11.5 Å². The Morgan fingerprint density at radius 1 is 1.18 bits per heavy atom. The minimum atomic E-state index is -0.815. The van der Waals surface area contributed by atoms with Crippen LogP contribution < -0.4 is 11.1 Å². The third kappa shape index (κ3) is 3.24. The van der Waals surface area contributed by atoms with Crippen LogP contribution in [0.1, 0.15) is 12.0 Å². The molecule has 0 fully saturated rings. The molecule has 22 heavy (non-hydrogen) atoms. The van der Waals surface area contributed by atoms with Gasteiger partial charge in [0.1, 0.15) is 10.8 Å². The predicted molar refractivity (Wildman–Crippen MR) is 91.6 cm³/mol. The molecule has 3 N–H and O–H groups in total. The largest absolute Gasteiger partial charge is 0.399 e. The second kappa shape index (κ2) is 5.99. The topological polar surface area (TPSA) is 63.8 Å². The molecule has 1 atom stereocenters. The zero-order chi connectivity index (χ0) is 15.6. The zero-order valence-corrected chi connectivity index (χ0v) is 13.1. The van der Waals surface area contributed by atoms with Gasteiger partial charge in [-0.05, 0) is 29.3 Å². The number of nitrogen functional groups attached to an aromatic ring is 1. The van der Waals surface area contributed by atoms with Gasteiger partial charge in [0.15, 0.2) is 0 Å². The van der Waals surface area contributed by atoms with Gasteiger partial charge in [-0.1, -0.05) is 41.4 Å². The monoisotopic (exact) mass is 332 g/mol. The second-order valence-electron chi connectivity index (χ2n) is 5.03. The fourth-order valence-electron chi connectivity index (χ4n) is 2.26. The van der Waals surface area contributed by atoms with Crippen molar-refractivity contribution < 1.29 is 0 Å². The highest BCUT2D eigenvalue weighted by Crippen LogP contribution is 2.38. The molecule has 1 aromatic carbocycles. The van der Waals surface area contributed by atoms with Gasteiger partial charge in [-0.15, -0.1) is 0 Å². The molecule has 1 aliphatic carbocycles. The van der Waals surface area contributed by atoms with E-state index in [4.69, 9.17) is 28.9 Å². The molecule has 0 amide bonds. The van der Waals surface area contributed by atoms with Crippen LogP contribution in [-0.4, -0.2) is 15.0 Å². The highest BCUT2D eigenvalue weighted by atomic mass is 35.5. The molecule has 1 aromatic heterocycles. The molecule has 4 nitrogen and oxygen atoms in total. The van der Waals surface area contributed by atoms with E-state index in [-0.39, 0.29) is 0 Å². The molecule has 3 rings (SSSR count). The number of nitrogens with two attached hydrogens (primary N) is 1. The van der Waals surface area contributed by atoms with Crippen molar-refractivity contribution in [2.75, 3.05) is 11.1 Å². The normalized spacial score (nSPS) is 21.0. The quantitative estimate of drug-likeness (QED) is 0.506. The zero-order valence-electron chi connectivity index (χ0n) is 11.6. The van der Waals surface area contributed by atoms with E-state index >= 15 is 0 Å². The molecule has 0 radical (unpaired) electrons. The molecular weight excluding hydrogens is 319 g/mol. The first-order chi connectivity index (χ1) is 10.6. The van der Waals surface area contributed by atoms with Crippen LogP contribution >= 0.6 is 23.2 Å². The van der Waals surface area contributed by atoms with Gasteiger partial charge in [-0.25, -0.2) is 4.98 Å². The highest BCUT2D eigenvalue weighted by Gasteiger charge is 2.30. The van der Waals surface area contributed by atoms with Crippen molar-refractivity contribution in [3.8, 4) is 0 Å². The van der Waals surface area contributed by atoms with Gasteiger partial charge in [0.2, 0.25) is 0 Å². The van der Waals surface area contributed by atoms with E-state index < -0.39 is 5.00 Å². The van der Waals surface area contributed by atoms with Gasteiger partial charge in [0.05, 0.1) is 6.20 Å².